The Hall–Kier alpha value is -2.14. The minimum Gasteiger partial charge on any atom is -0.297 e. The van der Waals surface area contributed by atoms with Gasteiger partial charge in [-0.05, 0) is 91.8 Å². The molecule has 2 unspecified atom stereocenters. The van der Waals surface area contributed by atoms with Gasteiger partial charge < -0.3 is 0 Å². The van der Waals surface area contributed by atoms with Gasteiger partial charge in [0.1, 0.15) is 24.4 Å². The maximum Gasteiger partial charge on any atom is 0.163 e. The summed E-state index contributed by atoms with van der Waals surface area (Å²) in [7, 11) is 0. The highest BCUT2D eigenvalue weighted by Crippen LogP contribution is 2.66. The van der Waals surface area contributed by atoms with Gasteiger partial charge in [-0.15, -0.1) is 0 Å². The van der Waals surface area contributed by atoms with E-state index in [0.29, 0.717) is 17.5 Å². The number of rotatable bonds is 4. The number of carbonyl (C=O) groups is 1. The van der Waals surface area contributed by atoms with Gasteiger partial charge in [0.2, 0.25) is 0 Å². The Labute approximate surface area is 198 Å². The van der Waals surface area contributed by atoms with E-state index in [1.165, 1.54) is 49.3 Å². The number of nitrogens with zero attached hydrogens (tertiary/aromatic N) is 4. The molecule has 5 rings (SSSR count). The quantitative estimate of drug-likeness (QED) is 0.591. The molecular weight excluding hydrogens is 408 g/mol. The van der Waals surface area contributed by atoms with Crippen LogP contribution in [0.15, 0.2) is 6.07 Å². The van der Waals surface area contributed by atoms with Crippen LogP contribution in [0.5, 0.6) is 0 Å². The molecule has 33 heavy (non-hydrogen) atoms. The van der Waals surface area contributed by atoms with Gasteiger partial charge in [-0.1, -0.05) is 33.6 Å². The first-order valence-electron chi connectivity index (χ1n) is 13.3. The fraction of sp³-hybridized carbons (Fsp3) is 0.786. The standard InChI is InChI=1S/C28H38N4O/c1-4-18-12-25(26(33)16-32-21(15-30)13-20(14-29)31-32)28(3)10-9-23-22-7-5-17(2)11-19(22)6-8-24(23)27(18)28/h13,17-19,22-25,27H,4-12,16H2,1-3H3/t17-,18+,19+,22-,23?,24+,25+,27?,28+/m0/s1. The molecule has 0 aliphatic heterocycles. The number of ketones is 1. The molecule has 0 aromatic carbocycles. The Bertz CT molecular complexity index is 999. The van der Waals surface area contributed by atoms with Crippen LogP contribution in [0.1, 0.15) is 89.9 Å². The summed E-state index contributed by atoms with van der Waals surface area (Å²) in [6.07, 6.45) is 11.6. The first-order valence-corrected chi connectivity index (χ1v) is 13.3. The van der Waals surface area contributed by atoms with Crippen molar-refractivity contribution in [3.63, 3.8) is 0 Å². The van der Waals surface area contributed by atoms with Crippen LogP contribution in [-0.2, 0) is 11.3 Å². The second kappa shape index (κ2) is 8.57. The molecule has 1 heterocycles. The zero-order valence-electron chi connectivity index (χ0n) is 20.5. The van der Waals surface area contributed by atoms with Crippen molar-refractivity contribution in [1.29, 1.82) is 10.5 Å². The van der Waals surface area contributed by atoms with Gasteiger partial charge in [0.05, 0.1) is 0 Å². The molecule has 4 saturated carbocycles. The third-order valence-electron chi connectivity index (χ3n) is 10.6. The maximum absolute atomic E-state index is 13.7. The highest BCUT2D eigenvalue weighted by molar-refractivity contribution is 5.82. The largest absolute Gasteiger partial charge is 0.297 e. The fourth-order valence-corrected chi connectivity index (χ4v) is 9.24. The van der Waals surface area contributed by atoms with Crippen molar-refractivity contribution in [2.45, 2.75) is 85.1 Å². The van der Waals surface area contributed by atoms with Crippen molar-refractivity contribution >= 4 is 5.78 Å². The van der Waals surface area contributed by atoms with Crippen LogP contribution in [0.3, 0.4) is 0 Å². The van der Waals surface area contributed by atoms with E-state index in [9.17, 15) is 10.1 Å². The number of nitriles is 2. The van der Waals surface area contributed by atoms with Crippen LogP contribution >= 0.6 is 0 Å². The van der Waals surface area contributed by atoms with Crippen molar-refractivity contribution in [3.05, 3.63) is 17.5 Å². The van der Waals surface area contributed by atoms with Gasteiger partial charge in [0.15, 0.2) is 11.5 Å². The highest BCUT2D eigenvalue weighted by atomic mass is 16.1. The second-order valence-electron chi connectivity index (χ2n) is 12.0. The molecule has 9 atom stereocenters. The topological polar surface area (TPSA) is 82.5 Å². The molecule has 0 amide bonds. The Morgan fingerprint density at radius 3 is 2.64 bits per heavy atom. The maximum atomic E-state index is 13.7. The zero-order chi connectivity index (χ0) is 23.3. The SMILES string of the molecule is CC[C@@H]1C[C@H](C(=O)Cn2nc(C#N)cc2C#N)[C@@]2(C)CCC3[C@@H](CC[C@@H]4C[C@@H](C)CC[C@H]34)C12. The van der Waals surface area contributed by atoms with Crippen LogP contribution in [-0.4, -0.2) is 15.6 Å². The third kappa shape index (κ3) is 3.63. The molecule has 4 aliphatic carbocycles. The van der Waals surface area contributed by atoms with Crippen LogP contribution in [0.4, 0.5) is 0 Å². The molecule has 1 aromatic heterocycles. The number of aromatic nitrogens is 2. The van der Waals surface area contributed by atoms with Crippen LogP contribution in [0, 0.1) is 75.4 Å². The van der Waals surface area contributed by atoms with Gasteiger partial charge in [-0.25, -0.2) is 4.68 Å². The molecule has 1 aromatic rings. The van der Waals surface area contributed by atoms with E-state index in [2.05, 4.69) is 31.9 Å². The van der Waals surface area contributed by atoms with Crippen molar-refractivity contribution in [1.82, 2.24) is 9.78 Å². The smallest absolute Gasteiger partial charge is 0.163 e. The number of hydrogen-bond acceptors (Lipinski definition) is 4. The van der Waals surface area contributed by atoms with Crippen LogP contribution < -0.4 is 0 Å². The van der Waals surface area contributed by atoms with E-state index in [-0.39, 0.29) is 29.4 Å². The first-order chi connectivity index (χ1) is 15.9. The van der Waals surface area contributed by atoms with E-state index in [1.54, 1.807) is 0 Å². The summed E-state index contributed by atoms with van der Waals surface area (Å²) in [4.78, 5) is 13.7. The summed E-state index contributed by atoms with van der Waals surface area (Å²) in [6.45, 7) is 7.29. The van der Waals surface area contributed by atoms with E-state index in [4.69, 9.17) is 5.26 Å². The average Bonchev–Trinajstić information content (AvgIpc) is 3.35. The van der Waals surface area contributed by atoms with Crippen LogP contribution in [0.25, 0.3) is 0 Å². The zero-order valence-corrected chi connectivity index (χ0v) is 20.5. The monoisotopic (exact) mass is 446 g/mol. The normalized spacial score (nSPS) is 41.8. The molecule has 0 saturated heterocycles. The van der Waals surface area contributed by atoms with Crippen molar-refractivity contribution in [3.8, 4) is 12.1 Å². The van der Waals surface area contributed by atoms with Gasteiger partial charge in [0, 0.05) is 12.0 Å². The highest BCUT2D eigenvalue weighted by Gasteiger charge is 2.61. The van der Waals surface area contributed by atoms with Crippen molar-refractivity contribution in [2.24, 2.45) is 52.8 Å². The summed E-state index contributed by atoms with van der Waals surface area (Å²) in [5, 5.41) is 22.8. The van der Waals surface area contributed by atoms with E-state index < -0.39 is 0 Å². The van der Waals surface area contributed by atoms with Gasteiger partial charge in [-0.3, -0.25) is 4.79 Å². The number of Topliss-reactive ketones (excluding diaryl/α,β-unsaturated/α-hetero) is 1. The predicted octanol–water partition coefficient (Wildman–Crippen LogP) is 5.74. The number of hydrogen-bond donors (Lipinski definition) is 0. The summed E-state index contributed by atoms with van der Waals surface area (Å²) in [5.41, 5.74) is 0.576. The van der Waals surface area contributed by atoms with Crippen molar-refractivity contribution in [2.75, 3.05) is 0 Å². The molecule has 0 N–H and O–H groups in total. The second-order valence-corrected chi connectivity index (χ2v) is 12.0. The third-order valence-corrected chi connectivity index (χ3v) is 10.6. The Morgan fingerprint density at radius 2 is 1.91 bits per heavy atom. The fourth-order valence-electron chi connectivity index (χ4n) is 9.24. The lowest BCUT2D eigenvalue weighted by Crippen LogP contribution is -2.50. The summed E-state index contributed by atoms with van der Waals surface area (Å²) in [6, 6.07) is 5.57. The molecular formula is C28H38N4O. The van der Waals surface area contributed by atoms with Crippen LogP contribution in [0.2, 0.25) is 0 Å². The Balaban J connectivity index is 1.39. The summed E-state index contributed by atoms with van der Waals surface area (Å²) in [5.74, 6) is 5.94. The van der Waals surface area contributed by atoms with Gasteiger partial charge >= 0.3 is 0 Å². The molecule has 4 aliphatic rings. The summed E-state index contributed by atoms with van der Waals surface area (Å²) >= 11 is 0. The molecule has 5 heteroatoms. The van der Waals surface area contributed by atoms with E-state index in [1.807, 2.05) is 6.07 Å². The van der Waals surface area contributed by atoms with Crippen molar-refractivity contribution < 1.29 is 4.79 Å². The van der Waals surface area contributed by atoms with E-state index >= 15 is 0 Å². The lowest BCUT2D eigenvalue weighted by molar-refractivity contribution is -0.131. The number of fused-ring (bicyclic) bond motifs is 5. The lowest BCUT2D eigenvalue weighted by Gasteiger charge is -2.57. The minimum atomic E-state index is 0.0405. The molecule has 0 spiro atoms. The van der Waals surface area contributed by atoms with E-state index in [0.717, 1.165) is 48.9 Å². The number of carbonyl (C=O) groups excluding carboxylic acids is 1. The average molecular weight is 447 g/mol. The molecule has 0 bridgehead atoms. The van der Waals surface area contributed by atoms with Gasteiger partial charge in [-0.2, -0.15) is 15.6 Å². The predicted molar refractivity (Wildman–Crippen MR) is 126 cm³/mol. The Morgan fingerprint density at radius 1 is 1.12 bits per heavy atom. The Kier molecular flexibility index (Phi) is 5.88. The molecule has 4 fully saturated rings. The summed E-state index contributed by atoms with van der Waals surface area (Å²) < 4.78 is 1.46. The minimum absolute atomic E-state index is 0.0405. The lowest BCUT2D eigenvalue weighted by atomic mass is 9.48. The molecule has 0 radical (unpaired) electrons. The molecule has 176 valence electrons. The molecule has 5 nitrogen and oxygen atoms in total. The first kappa shape index (κ1) is 22.6. The van der Waals surface area contributed by atoms with Gasteiger partial charge in [0.25, 0.3) is 0 Å².